The molecule has 2 N–H and O–H groups in total. The summed E-state index contributed by atoms with van der Waals surface area (Å²) in [6.07, 6.45) is 9.61. The number of hydrogen-bond acceptors (Lipinski definition) is 4. The third kappa shape index (κ3) is 4.98. The lowest BCUT2D eigenvalue weighted by Crippen LogP contribution is -2.35. The standard InChI is InChI=1S/C19H28N2O4S/c1-25-17-12-9-14(13-18(17)26(23,24)21-16-10-11-16)19(22)20-15-7-5-3-2-4-6-8-15/h9,12-13,15-16,21H,2-8,10-11H2,1H3,(H,20,22). The molecule has 0 aromatic heterocycles. The summed E-state index contributed by atoms with van der Waals surface area (Å²) in [7, 11) is -2.26. The van der Waals surface area contributed by atoms with Gasteiger partial charge in [-0.25, -0.2) is 13.1 Å². The average molecular weight is 381 g/mol. The Labute approximate surface area is 155 Å². The molecule has 0 aliphatic heterocycles. The summed E-state index contributed by atoms with van der Waals surface area (Å²) in [5, 5.41) is 3.08. The Morgan fingerprint density at radius 3 is 2.27 bits per heavy atom. The molecule has 2 saturated carbocycles. The molecule has 0 saturated heterocycles. The minimum absolute atomic E-state index is 0.00267. The molecule has 0 radical (unpaired) electrons. The molecule has 26 heavy (non-hydrogen) atoms. The van der Waals surface area contributed by atoms with Crippen LogP contribution in [0.4, 0.5) is 0 Å². The van der Waals surface area contributed by atoms with E-state index in [4.69, 9.17) is 4.74 Å². The first-order valence-electron chi connectivity index (χ1n) is 9.51. The van der Waals surface area contributed by atoms with Crippen molar-refractivity contribution in [3.63, 3.8) is 0 Å². The number of methoxy groups -OCH3 is 1. The summed E-state index contributed by atoms with van der Waals surface area (Å²) in [4.78, 5) is 12.7. The second kappa shape index (κ2) is 8.39. The van der Waals surface area contributed by atoms with Crippen LogP contribution in [-0.4, -0.2) is 33.5 Å². The molecule has 0 atom stereocenters. The fourth-order valence-corrected chi connectivity index (χ4v) is 4.88. The van der Waals surface area contributed by atoms with Gasteiger partial charge < -0.3 is 10.1 Å². The molecule has 1 aromatic carbocycles. The fourth-order valence-electron chi connectivity index (χ4n) is 3.38. The van der Waals surface area contributed by atoms with Gasteiger partial charge in [0.2, 0.25) is 10.0 Å². The van der Waals surface area contributed by atoms with E-state index in [1.807, 2.05) is 0 Å². The van der Waals surface area contributed by atoms with Crippen molar-refractivity contribution in [2.24, 2.45) is 0 Å². The van der Waals surface area contributed by atoms with Crippen LogP contribution in [0.5, 0.6) is 5.75 Å². The van der Waals surface area contributed by atoms with Gasteiger partial charge in [-0.2, -0.15) is 0 Å². The van der Waals surface area contributed by atoms with E-state index in [1.54, 1.807) is 12.1 Å². The summed E-state index contributed by atoms with van der Waals surface area (Å²) >= 11 is 0. The summed E-state index contributed by atoms with van der Waals surface area (Å²) in [5.41, 5.74) is 0.351. The molecule has 0 unspecified atom stereocenters. The zero-order valence-corrected chi connectivity index (χ0v) is 16.1. The van der Waals surface area contributed by atoms with Gasteiger partial charge >= 0.3 is 0 Å². The van der Waals surface area contributed by atoms with Crippen molar-refractivity contribution in [3.8, 4) is 5.75 Å². The highest BCUT2D eigenvalue weighted by Crippen LogP contribution is 2.28. The highest BCUT2D eigenvalue weighted by atomic mass is 32.2. The highest BCUT2D eigenvalue weighted by Gasteiger charge is 2.30. The van der Waals surface area contributed by atoms with E-state index in [-0.39, 0.29) is 28.6 Å². The van der Waals surface area contributed by atoms with Crippen molar-refractivity contribution >= 4 is 15.9 Å². The van der Waals surface area contributed by atoms with Gasteiger partial charge in [-0.05, 0) is 43.9 Å². The number of sulfonamides is 1. The lowest BCUT2D eigenvalue weighted by Gasteiger charge is -2.21. The van der Waals surface area contributed by atoms with Gasteiger partial charge in [0.25, 0.3) is 5.91 Å². The molecule has 1 amide bonds. The Hall–Kier alpha value is -1.60. The van der Waals surface area contributed by atoms with E-state index in [0.717, 1.165) is 38.5 Å². The number of carbonyl (C=O) groups excluding carboxylic acids is 1. The van der Waals surface area contributed by atoms with Crippen LogP contribution in [-0.2, 0) is 10.0 Å². The summed E-state index contributed by atoms with van der Waals surface area (Å²) in [5.74, 6) is 0.0294. The van der Waals surface area contributed by atoms with Gasteiger partial charge in [-0.1, -0.05) is 32.1 Å². The first kappa shape index (κ1) is 19.2. The quantitative estimate of drug-likeness (QED) is 0.795. The fraction of sp³-hybridized carbons (Fsp3) is 0.632. The second-order valence-electron chi connectivity index (χ2n) is 7.28. The van der Waals surface area contributed by atoms with Crippen molar-refractivity contribution < 1.29 is 17.9 Å². The van der Waals surface area contributed by atoms with Crippen LogP contribution in [0.1, 0.15) is 68.1 Å². The van der Waals surface area contributed by atoms with Crippen LogP contribution in [0.15, 0.2) is 23.1 Å². The van der Waals surface area contributed by atoms with E-state index >= 15 is 0 Å². The van der Waals surface area contributed by atoms with Gasteiger partial charge in [-0.15, -0.1) is 0 Å². The number of amides is 1. The maximum Gasteiger partial charge on any atom is 0.251 e. The van der Waals surface area contributed by atoms with E-state index in [1.165, 1.54) is 32.4 Å². The van der Waals surface area contributed by atoms with Gasteiger partial charge in [0.1, 0.15) is 10.6 Å². The number of ether oxygens (including phenoxy) is 1. The lowest BCUT2D eigenvalue weighted by molar-refractivity contribution is 0.0930. The Morgan fingerprint density at radius 2 is 1.65 bits per heavy atom. The predicted octanol–water partition coefficient (Wildman–Crippen LogP) is 2.98. The van der Waals surface area contributed by atoms with Crippen LogP contribution in [0.25, 0.3) is 0 Å². The van der Waals surface area contributed by atoms with Crippen molar-refractivity contribution in [2.45, 2.75) is 74.8 Å². The molecule has 6 nitrogen and oxygen atoms in total. The molecule has 1 aromatic rings. The molecule has 7 heteroatoms. The normalized spacial score (nSPS) is 19.4. The molecule has 144 valence electrons. The van der Waals surface area contributed by atoms with Crippen LogP contribution >= 0.6 is 0 Å². The van der Waals surface area contributed by atoms with Crippen molar-refractivity contribution in [1.29, 1.82) is 0 Å². The van der Waals surface area contributed by atoms with Gasteiger partial charge in [0.15, 0.2) is 0 Å². The second-order valence-corrected chi connectivity index (χ2v) is 8.96. The molecule has 2 fully saturated rings. The van der Waals surface area contributed by atoms with Crippen molar-refractivity contribution in [1.82, 2.24) is 10.0 Å². The maximum atomic E-state index is 12.7. The van der Waals surface area contributed by atoms with Gasteiger partial charge in [-0.3, -0.25) is 4.79 Å². The van der Waals surface area contributed by atoms with E-state index < -0.39 is 10.0 Å². The Balaban J connectivity index is 1.76. The summed E-state index contributed by atoms with van der Waals surface area (Å²) in [6.45, 7) is 0. The van der Waals surface area contributed by atoms with E-state index in [2.05, 4.69) is 10.0 Å². The lowest BCUT2D eigenvalue weighted by atomic mass is 9.96. The number of carbonyl (C=O) groups is 1. The minimum Gasteiger partial charge on any atom is -0.495 e. The Morgan fingerprint density at radius 1 is 1.00 bits per heavy atom. The first-order chi connectivity index (χ1) is 12.5. The molecule has 0 spiro atoms. The SMILES string of the molecule is COc1ccc(C(=O)NC2CCCCCCC2)cc1S(=O)(=O)NC1CC1. The molecule has 0 bridgehead atoms. The monoisotopic (exact) mass is 380 g/mol. The first-order valence-corrected chi connectivity index (χ1v) is 11.0. The van der Waals surface area contributed by atoms with Crippen molar-refractivity contribution in [2.75, 3.05) is 7.11 Å². The van der Waals surface area contributed by atoms with Crippen LogP contribution < -0.4 is 14.8 Å². The van der Waals surface area contributed by atoms with E-state index in [0.29, 0.717) is 5.56 Å². The Kier molecular flexibility index (Phi) is 6.19. The maximum absolute atomic E-state index is 12.7. The highest BCUT2D eigenvalue weighted by molar-refractivity contribution is 7.89. The smallest absolute Gasteiger partial charge is 0.251 e. The van der Waals surface area contributed by atoms with Crippen molar-refractivity contribution in [3.05, 3.63) is 23.8 Å². The number of hydrogen-bond donors (Lipinski definition) is 2. The van der Waals surface area contributed by atoms with Crippen LogP contribution in [0.2, 0.25) is 0 Å². The third-order valence-corrected chi connectivity index (χ3v) is 6.60. The number of rotatable bonds is 6. The minimum atomic E-state index is -3.69. The summed E-state index contributed by atoms with van der Waals surface area (Å²) < 4.78 is 33.0. The zero-order valence-electron chi connectivity index (χ0n) is 15.3. The Bertz CT molecular complexity index is 736. The predicted molar refractivity (Wildman–Crippen MR) is 99.9 cm³/mol. The number of nitrogens with one attached hydrogen (secondary N) is 2. The molecule has 0 heterocycles. The number of benzene rings is 1. The molecular weight excluding hydrogens is 352 g/mol. The van der Waals surface area contributed by atoms with Crippen LogP contribution in [0, 0.1) is 0 Å². The largest absolute Gasteiger partial charge is 0.495 e. The molecule has 3 rings (SSSR count). The molecular formula is C19H28N2O4S. The third-order valence-electron chi connectivity index (χ3n) is 5.05. The topological polar surface area (TPSA) is 84.5 Å². The van der Waals surface area contributed by atoms with Crippen LogP contribution in [0.3, 0.4) is 0 Å². The molecule has 2 aliphatic carbocycles. The average Bonchev–Trinajstić information content (AvgIpc) is 3.39. The zero-order chi connectivity index (χ0) is 18.6. The molecule has 2 aliphatic rings. The van der Waals surface area contributed by atoms with Gasteiger partial charge in [0.05, 0.1) is 7.11 Å². The summed E-state index contributed by atoms with van der Waals surface area (Å²) in [6, 6.07) is 4.75. The van der Waals surface area contributed by atoms with E-state index in [9.17, 15) is 13.2 Å². The van der Waals surface area contributed by atoms with Gasteiger partial charge in [0, 0.05) is 17.6 Å².